The van der Waals surface area contributed by atoms with Gasteiger partial charge in [-0.25, -0.2) is 4.98 Å². The van der Waals surface area contributed by atoms with Crippen LogP contribution in [0.3, 0.4) is 0 Å². The summed E-state index contributed by atoms with van der Waals surface area (Å²) < 4.78 is 38.0. The van der Waals surface area contributed by atoms with Crippen molar-refractivity contribution in [1.29, 1.82) is 0 Å². The van der Waals surface area contributed by atoms with Crippen LogP contribution in [0.25, 0.3) is 0 Å². The maximum atomic E-state index is 12.7. The first-order chi connectivity index (χ1) is 9.91. The molecule has 1 aliphatic heterocycles. The van der Waals surface area contributed by atoms with Crippen LogP contribution in [-0.4, -0.2) is 30.7 Å². The third kappa shape index (κ3) is 4.23. The van der Waals surface area contributed by atoms with Gasteiger partial charge >= 0.3 is 6.18 Å². The molecule has 1 aliphatic rings. The summed E-state index contributed by atoms with van der Waals surface area (Å²) in [5, 5.41) is 3.43. The molecule has 118 valence electrons. The molecular formula is C14H19ClF3N3. The van der Waals surface area contributed by atoms with E-state index in [-0.39, 0.29) is 5.02 Å². The van der Waals surface area contributed by atoms with E-state index in [0.29, 0.717) is 18.4 Å². The lowest BCUT2D eigenvalue weighted by atomic mass is 10.2. The van der Waals surface area contributed by atoms with Crippen molar-refractivity contribution in [2.75, 3.05) is 24.5 Å². The Labute approximate surface area is 127 Å². The fraction of sp³-hybridized carbons (Fsp3) is 0.643. The van der Waals surface area contributed by atoms with Gasteiger partial charge in [-0.2, -0.15) is 13.2 Å². The molecule has 0 saturated carbocycles. The summed E-state index contributed by atoms with van der Waals surface area (Å²) in [5.74, 6) is 0.431. The summed E-state index contributed by atoms with van der Waals surface area (Å²) in [7, 11) is 0. The summed E-state index contributed by atoms with van der Waals surface area (Å²) in [4.78, 5) is 5.92. The molecule has 0 radical (unpaired) electrons. The van der Waals surface area contributed by atoms with E-state index in [2.05, 4.69) is 10.3 Å². The van der Waals surface area contributed by atoms with Gasteiger partial charge in [-0.3, -0.25) is 0 Å². The van der Waals surface area contributed by atoms with Gasteiger partial charge in [0.05, 0.1) is 10.6 Å². The zero-order valence-electron chi connectivity index (χ0n) is 11.9. The smallest absolute Gasteiger partial charge is 0.354 e. The van der Waals surface area contributed by atoms with Crippen molar-refractivity contribution in [3.8, 4) is 0 Å². The van der Waals surface area contributed by atoms with Crippen LogP contribution in [0.1, 0.15) is 31.7 Å². The molecule has 1 atom stereocenters. The van der Waals surface area contributed by atoms with E-state index in [1.807, 2.05) is 11.8 Å². The van der Waals surface area contributed by atoms with Crippen molar-refractivity contribution in [2.45, 2.75) is 38.4 Å². The van der Waals surface area contributed by atoms with Crippen LogP contribution in [0.5, 0.6) is 0 Å². The Morgan fingerprint density at radius 3 is 2.76 bits per heavy atom. The van der Waals surface area contributed by atoms with Crippen molar-refractivity contribution in [1.82, 2.24) is 10.3 Å². The number of alkyl halides is 3. The Bertz CT molecular complexity index is 473. The second-order valence-corrected chi connectivity index (χ2v) is 5.67. The molecule has 0 aromatic carbocycles. The van der Waals surface area contributed by atoms with Gasteiger partial charge in [0, 0.05) is 25.3 Å². The summed E-state index contributed by atoms with van der Waals surface area (Å²) in [6.07, 6.45) is -0.493. The summed E-state index contributed by atoms with van der Waals surface area (Å²) in [6, 6.07) is 1.30. The lowest BCUT2D eigenvalue weighted by Crippen LogP contribution is -2.38. The minimum atomic E-state index is -4.42. The zero-order valence-corrected chi connectivity index (χ0v) is 12.6. The molecule has 21 heavy (non-hydrogen) atoms. The number of rotatable bonds is 5. The molecule has 0 bridgehead atoms. The predicted molar refractivity (Wildman–Crippen MR) is 77.8 cm³/mol. The highest BCUT2D eigenvalue weighted by atomic mass is 35.5. The maximum Gasteiger partial charge on any atom is 0.417 e. The van der Waals surface area contributed by atoms with Gasteiger partial charge in [0.25, 0.3) is 0 Å². The van der Waals surface area contributed by atoms with Crippen LogP contribution in [-0.2, 0) is 6.18 Å². The highest BCUT2D eigenvalue weighted by Gasteiger charge is 2.32. The van der Waals surface area contributed by atoms with Crippen molar-refractivity contribution >= 4 is 17.4 Å². The van der Waals surface area contributed by atoms with Crippen LogP contribution in [0, 0.1) is 0 Å². The molecule has 0 aliphatic carbocycles. The van der Waals surface area contributed by atoms with Gasteiger partial charge in [0.2, 0.25) is 0 Å². The standard InChI is InChI=1S/C14H19ClF3N3/c1-2-6-21(9-11-4-3-5-19-11)13-12(15)7-10(8-20-13)14(16,17)18/h7-8,11,19H,2-6,9H2,1H3. The molecule has 1 aromatic rings. The predicted octanol–water partition coefficient (Wildman–Crippen LogP) is 3.72. The van der Waals surface area contributed by atoms with Crippen LogP contribution >= 0.6 is 11.6 Å². The second kappa shape index (κ2) is 6.83. The Morgan fingerprint density at radius 1 is 1.48 bits per heavy atom. The minimum absolute atomic E-state index is 0.0521. The first-order valence-electron chi connectivity index (χ1n) is 7.13. The third-order valence-corrected chi connectivity index (χ3v) is 3.82. The number of anilines is 1. The number of hydrogen-bond donors (Lipinski definition) is 1. The van der Waals surface area contributed by atoms with Crippen molar-refractivity contribution in [3.05, 3.63) is 22.8 Å². The molecule has 1 aromatic heterocycles. The number of pyridine rings is 1. The molecule has 1 saturated heterocycles. The maximum absolute atomic E-state index is 12.7. The normalized spacial score (nSPS) is 19.0. The minimum Gasteiger partial charge on any atom is -0.354 e. The number of halogens is 4. The van der Waals surface area contributed by atoms with E-state index in [0.717, 1.165) is 44.6 Å². The van der Waals surface area contributed by atoms with E-state index >= 15 is 0 Å². The molecule has 7 heteroatoms. The SMILES string of the molecule is CCCN(CC1CCCN1)c1ncc(C(F)(F)F)cc1Cl. The zero-order chi connectivity index (χ0) is 15.5. The molecule has 2 heterocycles. The lowest BCUT2D eigenvalue weighted by Gasteiger charge is -2.27. The highest BCUT2D eigenvalue weighted by Crippen LogP contribution is 2.33. The van der Waals surface area contributed by atoms with E-state index in [1.54, 1.807) is 0 Å². The topological polar surface area (TPSA) is 28.2 Å². The van der Waals surface area contributed by atoms with Crippen molar-refractivity contribution < 1.29 is 13.2 Å². The Kier molecular flexibility index (Phi) is 5.32. The lowest BCUT2D eigenvalue weighted by molar-refractivity contribution is -0.137. The average Bonchev–Trinajstić information content (AvgIpc) is 2.90. The Balaban J connectivity index is 2.19. The third-order valence-electron chi connectivity index (χ3n) is 3.55. The number of nitrogens with one attached hydrogen (secondary N) is 1. The molecular weight excluding hydrogens is 303 g/mol. The van der Waals surface area contributed by atoms with Crippen molar-refractivity contribution in [3.63, 3.8) is 0 Å². The molecule has 1 N–H and O–H groups in total. The van der Waals surface area contributed by atoms with Crippen LogP contribution in [0.2, 0.25) is 5.02 Å². The first kappa shape index (κ1) is 16.4. The van der Waals surface area contributed by atoms with Gasteiger partial charge < -0.3 is 10.2 Å². The van der Waals surface area contributed by atoms with Gasteiger partial charge in [-0.1, -0.05) is 18.5 Å². The van der Waals surface area contributed by atoms with Crippen molar-refractivity contribution in [2.24, 2.45) is 0 Å². The molecule has 3 nitrogen and oxygen atoms in total. The molecule has 0 amide bonds. The van der Waals surface area contributed by atoms with E-state index < -0.39 is 11.7 Å². The fourth-order valence-electron chi connectivity index (χ4n) is 2.55. The Hall–Kier alpha value is -1.01. The number of nitrogens with zero attached hydrogens (tertiary/aromatic N) is 2. The van der Waals surface area contributed by atoms with E-state index in [9.17, 15) is 13.2 Å². The monoisotopic (exact) mass is 321 g/mol. The average molecular weight is 322 g/mol. The Morgan fingerprint density at radius 2 is 2.24 bits per heavy atom. The van der Waals surface area contributed by atoms with Gasteiger partial charge in [0.1, 0.15) is 5.82 Å². The summed E-state index contributed by atoms with van der Waals surface area (Å²) in [6.45, 7) is 4.44. The largest absolute Gasteiger partial charge is 0.417 e. The quantitative estimate of drug-likeness (QED) is 0.896. The molecule has 1 unspecified atom stereocenters. The molecule has 0 spiro atoms. The van der Waals surface area contributed by atoms with E-state index in [1.165, 1.54) is 0 Å². The van der Waals surface area contributed by atoms with Gasteiger partial charge in [0.15, 0.2) is 0 Å². The second-order valence-electron chi connectivity index (χ2n) is 5.27. The fourth-order valence-corrected chi connectivity index (χ4v) is 2.84. The number of hydrogen-bond acceptors (Lipinski definition) is 3. The molecule has 2 rings (SSSR count). The van der Waals surface area contributed by atoms with Gasteiger partial charge in [-0.05, 0) is 31.9 Å². The molecule has 1 fully saturated rings. The van der Waals surface area contributed by atoms with Crippen LogP contribution in [0.4, 0.5) is 19.0 Å². The van der Waals surface area contributed by atoms with Crippen LogP contribution in [0.15, 0.2) is 12.3 Å². The summed E-state index contributed by atoms with van der Waals surface area (Å²) >= 11 is 6.03. The highest BCUT2D eigenvalue weighted by molar-refractivity contribution is 6.33. The van der Waals surface area contributed by atoms with Crippen LogP contribution < -0.4 is 10.2 Å². The van der Waals surface area contributed by atoms with E-state index in [4.69, 9.17) is 11.6 Å². The number of aromatic nitrogens is 1. The summed E-state index contributed by atoms with van der Waals surface area (Å²) in [5.41, 5.74) is -0.813. The first-order valence-corrected chi connectivity index (χ1v) is 7.50. The van der Waals surface area contributed by atoms with Gasteiger partial charge in [-0.15, -0.1) is 0 Å².